The Kier molecular flexibility index (Phi) is 4.22. The van der Waals surface area contributed by atoms with Crippen molar-refractivity contribution in [2.24, 2.45) is 5.73 Å². The SMILES string of the molecule is CCCn1c(CN)nnc1-c1cc(F)c(F)cc1[N+](=O)[O-]. The van der Waals surface area contributed by atoms with E-state index in [-0.39, 0.29) is 17.9 Å². The predicted molar refractivity (Wildman–Crippen MR) is 70.2 cm³/mol. The molecule has 0 aliphatic heterocycles. The molecule has 0 spiro atoms. The average molecular weight is 297 g/mol. The molecule has 0 saturated carbocycles. The van der Waals surface area contributed by atoms with Gasteiger partial charge in [-0.15, -0.1) is 10.2 Å². The molecule has 0 fully saturated rings. The number of halogens is 2. The summed E-state index contributed by atoms with van der Waals surface area (Å²) in [7, 11) is 0. The number of nitrogens with zero attached hydrogens (tertiary/aromatic N) is 4. The van der Waals surface area contributed by atoms with Gasteiger partial charge in [0.2, 0.25) is 0 Å². The van der Waals surface area contributed by atoms with Crippen molar-refractivity contribution in [2.45, 2.75) is 26.4 Å². The van der Waals surface area contributed by atoms with Crippen LogP contribution in [-0.2, 0) is 13.1 Å². The summed E-state index contributed by atoms with van der Waals surface area (Å²) in [5.74, 6) is -1.95. The van der Waals surface area contributed by atoms with Crippen molar-refractivity contribution in [3.05, 3.63) is 39.7 Å². The zero-order chi connectivity index (χ0) is 15.6. The Hall–Kier alpha value is -2.42. The van der Waals surface area contributed by atoms with Crippen LogP contribution in [0.2, 0.25) is 0 Å². The molecule has 2 N–H and O–H groups in total. The molecular weight excluding hydrogens is 284 g/mol. The molecule has 0 saturated heterocycles. The second-order valence-corrected chi connectivity index (χ2v) is 4.34. The van der Waals surface area contributed by atoms with Crippen LogP contribution in [0.25, 0.3) is 11.4 Å². The summed E-state index contributed by atoms with van der Waals surface area (Å²) >= 11 is 0. The quantitative estimate of drug-likeness (QED) is 0.672. The van der Waals surface area contributed by atoms with Crippen LogP contribution in [0.5, 0.6) is 0 Å². The van der Waals surface area contributed by atoms with Crippen molar-refractivity contribution in [1.29, 1.82) is 0 Å². The maximum absolute atomic E-state index is 13.4. The van der Waals surface area contributed by atoms with Crippen LogP contribution >= 0.6 is 0 Å². The van der Waals surface area contributed by atoms with E-state index in [9.17, 15) is 18.9 Å². The molecule has 9 heteroatoms. The highest BCUT2D eigenvalue weighted by molar-refractivity contribution is 5.68. The largest absolute Gasteiger partial charge is 0.324 e. The van der Waals surface area contributed by atoms with Crippen LogP contribution in [0, 0.1) is 21.7 Å². The summed E-state index contributed by atoms with van der Waals surface area (Å²) in [5.41, 5.74) is 4.84. The Bertz CT molecular complexity index is 687. The highest BCUT2D eigenvalue weighted by Crippen LogP contribution is 2.31. The molecule has 0 aliphatic rings. The van der Waals surface area contributed by atoms with Crippen LogP contribution in [0.1, 0.15) is 19.2 Å². The lowest BCUT2D eigenvalue weighted by molar-refractivity contribution is -0.384. The maximum atomic E-state index is 13.4. The summed E-state index contributed by atoms with van der Waals surface area (Å²) in [6.07, 6.45) is 0.704. The molecule has 2 rings (SSSR count). The van der Waals surface area contributed by atoms with Gasteiger partial charge in [-0.05, 0) is 12.5 Å². The van der Waals surface area contributed by atoms with Gasteiger partial charge in [-0.1, -0.05) is 6.92 Å². The number of benzene rings is 1. The number of nitrogens with two attached hydrogens (primary N) is 1. The van der Waals surface area contributed by atoms with E-state index in [0.29, 0.717) is 24.9 Å². The van der Waals surface area contributed by atoms with Crippen LogP contribution < -0.4 is 5.73 Å². The van der Waals surface area contributed by atoms with Gasteiger partial charge in [0.1, 0.15) is 11.4 Å². The first-order chi connectivity index (χ1) is 9.99. The first-order valence-electron chi connectivity index (χ1n) is 6.25. The molecule has 112 valence electrons. The van der Waals surface area contributed by atoms with E-state index in [1.54, 1.807) is 4.57 Å². The lowest BCUT2D eigenvalue weighted by Gasteiger charge is -2.08. The topological polar surface area (TPSA) is 99.9 Å². The molecule has 1 aromatic heterocycles. The second kappa shape index (κ2) is 5.92. The van der Waals surface area contributed by atoms with Gasteiger partial charge in [0.25, 0.3) is 5.69 Å². The highest BCUT2D eigenvalue weighted by Gasteiger charge is 2.24. The summed E-state index contributed by atoms with van der Waals surface area (Å²) in [4.78, 5) is 10.3. The fraction of sp³-hybridized carbons (Fsp3) is 0.333. The van der Waals surface area contributed by atoms with E-state index < -0.39 is 22.2 Å². The van der Waals surface area contributed by atoms with E-state index in [2.05, 4.69) is 10.2 Å². The standard InChI is InChI=1S/C12H13F2N5O2/c1-2-3-18-11(6-15)16-17-12(18)7-4-8(13)9(14)5-10(7)19(20)21/h4-5H,2-3,6,15H2,1H3. The minimum atomic E-state index is -1.29. The molecule has 1 heterocycles. The Balaban J connectivity index is 2.69. The number of rotatable bonds is 5. The predicted octanol–water partition coefficient (Wildman–Crippen LogP) is 2.00. The van der Waals surface area contributed by atoms with Gasteiger partial charge >= 0.3 is 0 Å². The third kappa shape index (κ3) is 2.72. The van der Waals surface area contributed by atoms with Crippen molar-refractivity contribution in [3.8, 4) is 11.4 Å². The first kappa shape index (κ1) is 15.0. The highest BCUT2D eigenvalue weighted by atomic mass is 19.2. The molecule has 21 heavy (non-hydrogen) atoms. The van der Waals surface area contributed by atoms with E-state index in [1.807, 2.05) is 6.92 Å². The summed E-state index contributed by atoms with van der Waals surface area (Å²) in [5, 5.41) is 18.7. The van der Waals surface area contributed by atoms with Gasteiger partial charge in [-0.2, -0.15) is 0 Å². The van der Waals surface area contributed by atoms with Gasteiger partial charge in [0.15, 0.2) is 17.5 Å². The second-order valence-electron chi connectivity index (χ2n) is 4.34. The van der Waals surface area contributed by atoms with Gasteiger partial charge in [-0.3, -0.25) is 10.1 Å². The van der Waals surface area contributed by atoms with Gasteiger partial charge in [-0.25, -0.2) is 8.78 Å². The van der Waals surface area contributed by atoms with E-state index in [4.69, 9.17) is 5.73 Å². The summed E-state index contributed by atoms with van der Waals surface area (Å²) in [6.45, 7) is 2.44. The Morgan fingerprint density at radius 2 is 2.00 bits per heavy atom. The Morgan fingerprint density at radius 1 is 1.33 bits per heavy atom. The first-order valence-corrected chi connectivity index (χ1v) is 6.25. The number of hydrogen-bond donors (Lipinski definition) is 1. The fourth-order valence-corrected chi connectivity index (χ4v) is 2.01. The molecule has 0 unspecified atom stereocenters. The van der Waals surface area contributed by atoms with Gasteiger partial charge in [0, 0.05) is 6.54 Å². The minimum absolute atomic E-state index is 0.0878. The van der Waals surface area contributed by atoms with Crippen LogP contribution in [0.15, 0.2) is 12.1 Å². The van der Waals surface area contributed by atoms with Crippen molar-refractivity contribution in [3.63, 3.8) is 0 Å². The number of nitro groups is 1. The van der Waals surface area contributed by atoms with Crippen molar-refractivity contribution in [2.75, 3.05) is 0 Å². The van der Waals surface area contributed by atoms with Crippen molar-refractivity contribution in [1.82, 2.24) is 14.8 Å². The number of nitro benzene ring substituents is 1. The monoisotopic (exact) mass is 297 g/mol. The van der Waals surface area contributed by atoms with E-state index in [1.165, 1.54) is 0 Å². The van der Waals surface area contributed by atoms with Gasteiger partial charge < -0.3 is 10.3 Å². The summed E-state index contributed by atoms with van der Waals surface area (Å²) in [6, 6.07) is 1.29. The maximum Gasteiger partial charge on any atom is 0.283 e. The van der Waals surface area contributed by atoms with Gasteiger partial charge in [0.05, 0.1) is 17.5 Å². The molecule has 0 aliphatic carbocycles. The Morgan fingerprint density at radius 3 is 2.57 bits per heavy atom. The van der Waals surface area contributed by atoms with Crippen LogP contribution in [0.4, 0.5) is 14.5 Å². The smallest absolute Gasteiger partial charge is 0.283 e. The average Bonchev–Trinajstić information content (AvgIpc) is 2.84. The van der Waals surface area contributed by atoms with Crippen LogP contribution in [0.3, 0.4) is 0 Å². The normalized spacial score (nSPS) is 10.9. The lowest BCUT2D eigenvalue weighted by atomic mass is 10.1. The third-order valence-corrected chi connectivity index (χ3v) is 2.93. The molecular formula is C12H13F2N5O2. The number of aromatic nitrogens is 3. The van der Waals surface area contributed by atoms with E-state index in [0.717, 1.165) is 6.07 Å². The van der Waals surface area contributed by atoms with Crippen molar-refractivity contribution < 1.29 is 13.7 Å². The molecule has 2 aromatic rings. The van der Waals surface area contributed by atoms with Crippen LogP contribution in [-0.4, -0.2) is 19.7 Å². The summed E-state index contributed by atoms with van der Waals surface area (Å²) < 4.78 is 28.2. The molecule has 0 bridgehead atoms. The molecule has 1 aromatic carbocycles. The van der Waals surface area contributed by atoms with Crippen molar-refractivity contribution >= 4 is 5.69 Å². The third-order valence-electron chi connectivity index (χ3n) is 2.93. The fourth-order valence-electron chi connectivity index (χ4n) is 2.01. The zero-order valence-corrected chi connectivity index (χ0v) is 11.2. The minimum Gasteiger partial charge on any atom is -0.324 e. The molecule has 7 nitrogen and oxygen atoms in total. The zero-order valence-electron chi connectivity index (χ0n) is 11.2. The lowest BCUT2D eigenvalue weighted by Crippen LogP contribution is -2.10. The Labute approximate surface area is 118 Å². The molecule has 0 amide bonds. The van der Waals surface area contributed by atoms with E-state index >= 15 is 0 Å². The molecule has 0 atom stereocenters. The number of hydrogen-bond acceptors (Lipinski definition) is 5. The molecule has 0 radical (unpaired) electrons.